The highest BCUT2D eigenvalue weighted by Gasteiger charge is 2.24. The van der Waals surface area contributed by atoms with E-state index in [1.807, 2.05) is 12.1 Å². The van der Waals surface area contributed by atoms with Crippen LogP contribution in [0, 0.1) is 0 Å². The zero-order valence-corrected chi connectivity index (χ0v) is 17.4. The van der Waals surface area contributed by atoms with E-state index in [1.54, 1.807) is 12.1 Å². The number of rotatable bonds is 14. The van der Waals surface area contributed by atoms with Crippen molar-refractivity contribution in [3.63, 3.8) is 0 Å². The number of carboxylic acids is 3. The number of hydrogen-bond donors (Lipinski definition) is 7. The lowest BCUT2D eigenvalue weighted by atomic mass is 10.1. The molecule has 0 spiro atoms. The van der Waals surface area contributed by atoms with Crippen molar-refractivity contribution >= 4 is 29.5 Å². The van der Waals surface area contributed by atoms with E-state index in [0.29, 0.717) is 23.5 Å². The molecule has 10 N–H and O–H groups in total. The van der Waals surface area contributed by atoms with Crippen LogP contribution in [-0.4, -0.2) is 56.2 Å². The molecule has 0 aliphatic rings. The molecule has 0 bridgehead atoms. The fourth-order valence-electron chi connectivity index (χ4n) is 2.83. The van der Waals surface area contributed by atoms with Gasteiger partial charge in [-0.3, -0.25) is 9.59 Å². The van der Waals surface area contributed by atoms with Crippen molar-refractivity contribution in [3.8, 4) is 0 Å². The van der Waals surface area contributed by atoms with Gasteiger partial charge in [-0.05, 0) is 37.0 Å². The molecule has 1 aromatic rings. The normalized spacial score (nSPS) is 13.1. The van der Waals surface area contributed by atoms with Crippen LogP contribution in [0.3, 0.4) is 0 Å². The van der Waals surface area contributed by atoms with Gasteiger partial charge in [0.15, 0.2) is 0 Å². The summed E-state index contributed by atoms with van der Waals surface area (Å²) in [6, 6.07) is 4.49. The summed E-state index contributed by atoms with van der Waals surface area (Å²) in [6.45, 7) is 0. The number of nitrogens with two attached hydrogens (primary N) is 3. The molecular formula is C20H29N5O7. The number of carbonyl (C=O) groups excluding carboxylic acids is 1. The Hall–Kier alpha value is -3.80. The molecule has 1 amide bonds. The van der Waals surface area contributed by atoms with Crippen LogP contribution in [0.1, 0.15) is 37.7 Å². The van der Waals surface area contributed by atoms with E-state index >= 15 is 0 Å². The van der Waals surface area contributed by atoms with Crippen LogP contribution in [0.5, 0.6) is 0 Å². The maximum atomic E-state index is 12.1. The summed E-state index contributed by atoms with van der Waals surface area (Å²) in [4.78, 5) is 45.6. The summed E-state index contributed by atoms with van der Waals surface area (Å²) < 4.78 is 0. The first-order valence-electron chi connectivity index (χ1n) is 9.80. The third-order valence-corrected chi connectivity index (χ3v) is 4.51. The van der Waals surface area contributed by atoms with E-state index in [2.05, 4.69) is 5.32 Å². The quantitative estimate of drug-likeness (QED) is 0.112. The van der Waals surface area contributed by atoms with Gasteiger partial charge in [0.1, 0.15) is 12.1 Å². The molecule has 2 atom stereocenters. The topological polar surface area (TPSA) is 222 Å². The highest BCUT2D eigenvalue weighted by atomic mass is 16.4. The molecule has 12 nitrogen and oxygen atoms in total. The van der Waals surface area contributed by atoms with E-state index in [1.165, 1.54) is 0 Å². The zero-order valence-electron chi connectivity index (χ0n) is 17.4. The number of benzene rings is 1. The predicted octanol–water partition coefficient (Wildman–Crippen LogP) is -0.155. The molecule has 12 heteroatoms. The standard InChI is InChI=1S/C20H29N5O7/c21-13-6-4-12(5-7-13)2-1-3-17(26)24-15(19(29)30)10-14(22)11-25(23)16(20(31)32)8-9-18(27)28/h4-7,11,15-16H,1-3,8-10,21-23H2,(H,24,26)(H,27,28)(H,29,30)(H,31,32)/b14-11-. The van der Waals surface area contributed by atoms with Crippen LogP contribution in [0.25, 0.3) is 0 Å². The number of hydrazine groups is 1. The average molecular weight is 451 g/mol. The minimum absolute atomic E-state index is 0.0938. The van der Waals surface area contributed by atoms with Gasteiger partial charge in [-0.15, -0.1) is 0 Å². The minimum Gasteiger partial charge on any atom is -0.481 e. The van der Waals surface area contributed by atoms with E-state index in [0.717, 1.165) is 11.8 Å². The first-order valence-corrected chi connectivity index (χ1v) is 9.80. The largest absolute Gasteiger partial charge is 0.481 e. The number of nitrogen functional groups attached to an aromatic ring is 1. The fraction of sp³-hybridized carbons (Fsp3) is 0.400. The Morgan fingerprint density at radius 2 is 1.66 bits per heavy atom. The Kier molecular flexibility index (Phi) is 10.5. The van der Waals surface area contributed by atoms with E-state index in [9.17, 15) is 29.4 Å². The Labute approximate surface area is 184 Å². The lowest BCUT2D eigenvalue weighted by molar-refractivity contribution is -0.144. The van der Waals surface area contributed by atoms with Crippen molar-refractivity contribution in [2.45, 2.75) is 50.6 Å². The molecule has 0 saturated heterocycles. The minimum atomic E-state index is -1.36. The zero-order chi connectivity index (χ0) is 24.3. The molecule has 1 aromatic carbocycles. The highest BCUT2D eigenvalue weighted by Crippen LogP contribution is 2.10. The number of carboxylic acid groups (broad SMARTS) is 3. The van der Waals surface area contributed by atoms with Crippen LogP contribution in [0.2, 0.25) is 0 Å². The van der Waals surface area contributed by atoms with Gasteiger partial charge in [-0.1, -0.05) is 12.1 Å². The van der Waals surface area contributed by atoms with Crippen LogP contribution in [0.15, 0.2) is 36.2 Å². The Morgan fingerprint density at radius 3 is 2.19 bits per heavy atom. The molecule has 0 aliphatic heterocycles. The average Bonchev–Trinajstić information content (AvgIpc) is 2.68. The number of carbonyl (C=O) groups is 4. The number of aryl methyl sites for hydroxylation is 1. The van der Waals surface area contributed by atoms with E-state index in [-0.39, 0.29) is 25.0 Å². The third-order valence-electron chi connectivity index (χ3n) is 4.51. The van der Waals surface area contributed by atoms with Gasteiger partial charge >= 0.3 is 17.9 Å². The second-order valence-electron chi connectivity index (χ2n) is 7.20. The molecular weight excluding hydrogens is 422 g/mol. The Balaban J connectivity index is 2.62. The summed E-state index contributed by atoms with van der Waals surface area (Å²) in [6.07, 6.45) is 1.19. The Bertz CT molecular complexity index is 841. The molecule has 1 rings (SSSR count). The summed E-state index contributed by atoms with van der Waals surface area (Å²) in [5.41, 5.74) is 12.9. The summed E-state index contributed by atoms with van der Waals surface area (Å²) in [5, 5.41) is 30.4. The van der Waals surface area contributed by atoms with Gasteiger partial charge in [0.25, 0.3) is 0 Å². The van der Waals surface area contributed by atoms with Crippen LogP contribution < -0.4 is 22.6 Å². The van der Waals surface area contributed by atoms with Crippen LogP contribution >= 0.6 is 0 Å². The smallest absolute Gasteiger partial charge is 0.327 e. The molecule has 0 radical (unpaired) electrons. The van der Waals surface area contributed by atoms with Gasteiger partial charge in [0.2, 0.25) is 5.91 Å². The summed E-state index contributed by atoms with van der Waals surface area (Å²) in [7, 11) is 0. The lowest BCUT2D eigenvalue weighted by Gasteiger charge is -2.23. The number of nitrogens with one attached hydrogen (secondary N) is 1. The summed E-state index contributed by atoms with van der Waals surface area (Å²) >= 11 is 0. The molecule has 0 aliphatic carbocycles. The van der Waals surface area contributed by atoms with Gasteiger partial charge in [-0.2, -0.15) is 0 Å². The first-order chi connectivity index (χ1) is 15.0. The van der Waals surface area contributed by atoms with Gasteiger partial charge in [0, 0.05) is 36.8 Å². The maximum absolute atomic E-state index is 12.1. The van der Waals surface area contributed by atoms with Crippen molar-refractivity contribution in [1.82, 2.24) is 10.3 Å². The number of aliphatic carboxylic acids is 3. The number of hydrogen-bond acceptors (Lipinski definition) is 8. The summed E-state index contributed by atoms with van der Waals surface area (Å²) in [5.74, 6) is 1.30. The molecule has 2 unspecified atom stereocenters. The van der Waals surface area contributed by atoms with Gasteiger partial charge in [0.05, 0.1) is 0 Å². The lowest BCUT2D eigenvalue weighted by Crippen LogP contribution is -2.44. The van der Waals surface area contributed by atoms with Gasteiger partial charge < -0.3 is 37.1 Å². The fourth-order valence-corrected chi connectivity index (χ4v) is 2.83. The molecule has 176 valence electrons. The molecule has 0 aromatic heterocycles. The van der Waals surface area contributed by atoms with Crippen molar-refractivity contribution in [2.24, 2.45) is 11.6 Å². The van der Waals surface area contributed by atoms with Crippen LogP contribution in [-0.2, 0) is 25.6 Å². The maximum Gasteiger partial charge on any atom is 0.327 e. The van der Waals surface area contributed by atoms with Crippen molar-refractivity contribution < 1.29 is 34.5 Å². The highest BCUT2D eigenvalue weighted by molar-refractivity contribution is 5.83. The Morgan fingerprint density at radius 1 is 1.03 bits per heavy atom. The number of anilines is 1. The second-order valence-corrected chi connectivity index (χ2v) is 7.20. The molecule has 32 heavy (non-hydrogen) atoms. The number of amides is 1. The monoisotopic (exact) mass is 451 g/mol. The van der Waals surface area contributed by atoms with Crippen molar-refractivity contribution in [2.75, 3.05) is 5.73 Å². The third kappa shape index (κ3) is 9.80. The SMILES string of the molecule is N/C(=C\N(N)C(CCC(=O)O)C(=O)O)CC(NC(=O)CCCc1ccc(N)cc1)C(=O)O. The number of nitrogens with zero attached hydrogens (tertiary/aromatic N) is 1. The van der Waals surface area contributed by atoms with E-state index < -0.39 is 42.3 Å². The predicted molar refractivity (Wildman–Crippen MR) is 115 cm³/mol. The van der Waals surface area contributed by atoms with Crippen molar-refractivity contribution in [1.29, 1.82) is 0 Å². The van der Waals surface area contributed by atoms with E-state index in [4.69, 9.17) is 22.4 Å². The first kappa shape index (κ1) is 26.2. The molecule has 0 heterocycles. The van der Waals surface area contributed by atoms with Gasteiger partial charge in [-0.25, -0.2) is 15.4 Å². The van der Waals surface area contributed by atoms with Crippen molar-refractivity contribution in [3.05, 3.63) is 41.7 Å². The molecule has 0 fully saturated rings. The molecule has 0 saturated carbocycles. The second kappa shape index (κ2) is 12.8. The van der Waals surface area contributed by atoms with Crippen LogP contribution in [0.4, 0.5) is 5.69 Å².